The van der Waals surface area contributed by atoms with Crippen LogP contribution in [0.15, 0.2) is 42.5 Å². The molecule has 0 aliphatic rings. The summed E-state index contributed by atoms with van der Waals surface area (Å²) in [5.74, 6) is 1.06. The van der Waals surface area contributed by atoms with E-state index in [-0.39, 0.29) is 6.61 Å². The molecule has 23 heavy (non-hydrogen) atoms. The van der Waals surface area contributed by atoms with Gasteiger partial charge in [-0.2, -0.15) is 0 Å². The molecule has 0 aliphatic heterocycles. The number of allylic oxidation sites excluding steroid dienone is 1. The smallest absolute Gasteiger partial charge is 0.245 e. The largest absolute Gasteiger partial charge is 0.493 e. The number of methoxy groups -OCH3 is 1. The molecular formula is C17H13Cl3O3. The zero-order valence-electron chi connectivity index (χ0n) is 12.2. The minimum absolute atomic E-state index is 0.213. The summed E-state index contributed by atoms with van der Waals surface area (Å²) in [5.41, 5.74) is 1.47. The highest BCUT2D eigenvalue weighted by Gasteiger charge is 2.09. The maximum Gasteiger partial charge on any atom is 0.245 e. The Hall–Kier alpha value is -1.68. The summed E-state index contributed by atoms with van der Waals surface area (Å²) in [4.78, 5) is 10.8. The molecular weight excluding hydrogens is 359 g/mol. The van der Waals surface area contributed by atoms with Crippen molar-refractivity contribution in [3.63, 3.8) is 0 Å². The minimum Gasteiger partial charge on any atom is -0.493 e. The molecule has 0 aliphatic carbocycles. The molecule has 0 heterocycles. The molecule has 2 rings (SSSR count). The van der Waals surface area contributed by atoms with Crippen molar-refractivity contribution in [3.8, 4) is 11.5 Å². The second-order valence-electron chi connectivity index (χ2n) is 4.54. The van der Waals surface area contributed by atoms with Gasteiger partial charge in [0.15, 0.2) is 11.5 Å². The van der Waals surface area contributed by atoms with Crippen molar-refractivity contribution in [2.75, 3.05) is 7.11 Å². The average molecular weight is 372 g/mol. The molecule has 120 valence electrons. The van der Waals surface area contributed by atoms with E-state index in [0.29, 0.717) is 27.1 Å². The van der Waals surface area contributed by atoms with Gasteiger partial charge >= 0.3 is 0 Å². The average Bonchev–Trinajstić information content (AvgIpc) is 2.53. The molecule has 0 fully saturated rings. The summed E-state index contributed by atoms with van der Waals surface area (Å²) in [6, 6.07) is 10.5. The lowest BCUT2D eigenvalue weighted by atomic mass is 10.2. The second kappa shape index (κ2) is 8.25. The predicted molar refractivity (Wildman–Crippen MR) is 93.7 cm³/mol. The molecule has 3 nitrogen and oxygen atoms in total. The summed E-state index contributed by atoms with van der Waals surface area (Å²) >= 11 is 17.5. The van der Waals surface area contributed by atoms with Crippen molar-refractivity contribution in [1.29, 1.82) is 0 Å². The van der Waals surface area contributed by atoms with E-state index in [2.05, 4.69) is 0 Å². The highest BCUT2D eigenvalue weighted by molar-refractivity contribution is 6.66. The van der Waals surface area contributed by atoms with E-state index in [9.17, 15) is 4.79 Å². The number of benzene rings is 2. The molecule has 0 unspecified atom stereocenters. The highest BCUT2D eigenvalue weighted by atomic mass is 35.5. The lowest BCUT2D eigenvalue weighted by Crippen LogP contribution is -1.99. The van der Waals surface area contributed by atoms with Crippen molar-refractivity contribution in [1.82, 2.24) is 0 Å². The SMILES string of the molecule is COc1cc(/C=C/C(=O)Cl)ccc1OCc1c(Cl)cccc1Cl. The zero-order chi connectivity index (χ0) is 16.8. The lowest BCUT2D eigenvalue weighted by molar-refractivity contribution is -0.107. The Morgan fingerprint density at radius 3 is 2.43 bits per heavy atom. The number of hydrogen-bond donors (Lipinski definition) is 0. The third kappa shape index (κ3) is 4.90. The van der Waals surface area contributed by atoms with Gasteiger partial charge in [-0.25, -0.2) is 0 Å². The van der Waals surface area contributed by atoms with Gasteiger partial charge in [0.2, 0.25) is 5.24 Å². The first-order valence-corrected chi connectivity index (χ1v) is 7.76. The van der Waals surface area contributed by atoms with E-state index >= 15 is 0 Å². The monoisotopic (exact) mass is 370 g/mol. The maximum atomic E-state index is 10.8. The van der Waals surface area contributed by atoms with Crippen LogP contribution in [-0.4, -0.2) is 12.4 Å². The normalized spacial score (nSPS) is 10.8. The Labute approximate surface area is 149 Å². The van der Waals surface area contributed by atoms with E-state index in [4.69, 9.17) is 44.3 Å². The second-order valence-corrected chi connectivity index (χ2v) is 5.72. The first-order valence-electron chi connectivity index (χ1n) is 6.62. The number of rotatable bonds is 6. The molecule has 0 bridgehead atoms. The minimum atomic E-state index is -0.544. The van der Waals surface area contributed by atoms with E-state index in [1.54, 1.807) is 42.5 Å². The van der Waals surface area contributed by atoms with Crippen molar-refractivity contribution in [2.24, 2.45) is 0 Å². The maximum absolute atomic E-state index is 10.8. The van der Waals surface area contributed by atoms with Gasteiger partial charge in [-0.3, -0.25) is 4.79 Å². The van der Waals surface area contributed by atoms with Crippen LogP contribution < -0.4 is 9.47 Å². The highest BCUT2D eigenvalue weighted by Crippen LogP contribution is 2.31. The van der Waals surface area contributed by atoms with E-state index < -0.39 is 5.24 Å². The molecule has 0 aromatic heterocycles. The van der Waals surface area contributed by atoms with Crippen molar-refractivity contribution in [2.45, 2.75) is 6.61 Å². The van der Waals surface area contributed by atoms with Crippen LogP contribution in [0.5, 0.6) is 11.5 Å². The fourth-order valence-electron chi connectivity index (χ4n) is 1.89. The third-order valence-corrected chi connectivity index (χ3v) is 3.86. The summed E-state index contributed by atoms with van der Waals surface area (Å²) in [6.07, 6.45) is 2.85. The quantitative estimate of drug-likeness (QED) is 0.506. The summed E-state index contributed by atoms with van der Waals surface area (Å²) in [5, 5.41) is 0.533. The Kier molecular flexibility index (Phi) is 6.34. The van der Waals surface area contributed by atoms with Gasteiger partial charge < -0.3 is 9.47 Å². The topological polar surface area (TPSA) is 35.5 Å². The van der Waals surface area contributed by atoms with Crippen LogP contribution in [-0.2, 0) is 11.4 Å². The van der Waals surface area contributed by atoms with Crippen LogP contribution in [0, 0.1) is 0 Å². The van der Waals surface area contributed by atoms with Gasteiger partial charge in [0.1, 0.15) is 6.61 Å². The third-order valence-electron chi connectivity index (χ3n) is 3.03. The Morgan fingerprint density at radius 1 is 1.13 bits per heavy atom. The molecule has 0 spiro atoms. The van der Waals surface area contributed by atoms with Crippen LogP contribution in [0.3, 0.4) is 0 Å². The number of hydrogen-bond acceptors (Lipinski definition) is 3. The van der Waals surface area contributed by atoms with Crippen LogP contribution >= 0.6 is 34.8 Å². The van der Waals surface area contributed by atoms with Gasteiger partial charge in [-0.05, 0) is 47.5 Å². The van der Waals surface area contributed by atoms with Crippen molar-refractivity contribution >= 4 is 46.1 Å². The summed E-state index contributed by atoms with van der Waals surface area (Å²) < 4.78 is 11.0. The Balaban J connectivity index is 2.18. The predicted octanol–water partition coefficient (Wildman–Crippen LogP) is 5.36. The number of carbonyl (C=O) groups excluding carboxylic acids is 1. The molecule has 0 radical (unpaired) electrons. The first-order chi connectivity index (χ1) is 11.0. The van der Waals surface area contributed by atoms with Gasteiger partial charge in [0.25, 0.3) is 0 Å². The van der Waals surface area contributed by atoms with Gasteiger partial charge in [0.05, 0.1) is 7.11 Å². The molecule has 2 aromatic carbocycles. The van der Waals surface area contributed by atoms with Crippen LogP contribution in [0.2, 0.25) is 10.0 Å². The molecule has 2 aromatic rings. The van der Waals surface area contributed by atoms with E-state index in [1.807, 2.05) is 0 Å². The molecule has 0 amide bonds. The van der Waals surface area contributed by atoms with Crippen molar-refractivity contribution in [3.05, 3.63) is 63.6 Å². The number of halogens is 3. The summed E-state index contributed by atoms with van der Waals surface area (Å²) in [7, 11) is 1.53. The zero-order valence-corrected chi connectivity index (χ0v) is 14.5. The molecule has 0 atom stereocenters. The summed E-state index contributed by atoms with van der Waals surface area (Å²) in [6.45, 7) is 0.213. The van der Waals surface area contributed by atoms with E-state index in [1.165, 1.54) is 13.2 Å². The van der Waals surface area contributed by atoms with Crippen LogP contribution in [0.1, 0.15) is 11.1 Å². The van der Waals surface area contributed by atoms with Gasteiger partial charge in [-0.15, -0.1) is 0 Å². The Morgan fingerprint density at radius 2 is 1.83 bits per heavy atom. The molecule has 0 saturated carbocycles. The molecule has 0 N–H and O–H groups in total. The number of ether oxygens (including phenoxy) is 2. The van der Waals surface area contributed by atoms with E-state index in [0.717, 1.165) is 5.56 Å². The fraction of sp³-hybridized carbons (Fsp3) is 0.118. The first kappa shape index (κ1) is 17.7. The van der Waals surface area contributed by atoms with Gasteiger partial charge in [-0.1, -0.05) is 41.4 Å². The Bertz CT molecular complexity index is 722. The molecule has 6 heteroatoms. The number of carbonyl (C=O) groups is 1. The molecule has 0 saturated heterocycles. The van der Waals surface area contributed by atoms with Crippen LogP contribution in [0.25, 0.3) is 6.08 Å². The fourth-order valence-corrected chi connectivity index (χ4v) is 2.46. The van der Waals surface area contributed by atoms with Crippen molar-refractivity contribution < 1.29 is 14.3 Å². The standard InChI is InChI=1S/C17H13Cl3O3/c1-22-16-9-11(6-8-17(20)21)5-7-15(16)23-10-12-13(18)3-2-4-14(12)19/h2-9H,10H2,1H3/b8-6+. The van der Waals surface area contributed by atoms with Crippen LogP contribution in [0.4, 0.5) is 0 Å². The van der Waals surface area contributed by atoms with Gasteiger partial charge in [0, 0.05) is 15.6 Å². The lowest BCUT2D eigenvalue weighted by Gasteiger charge is -2.13.